The Labute approximate surface area is 190 Å². The second-order valence-corrected chi connectivity index (χ2v) is 9.94. The SMILES string of the molecule is COc1cc(C(F)(F)F)cc(SC)c1C(=O)C(=N)CC1CC12COCC[C@@H]2NC1CCC1. The summed E-state index contributed by atoms with van der Waals surface area (Å²) in [5, 5.41) is 12.2. The van der Waals surface area contributed by atoms with E-state index in [1.165, 1.54) is 26.4 Å². The lowest BCUT2D eigenvalue weighted by molar-refractivity contribution is -0.137. The van der Waals surface area contributed by atoms with Gasteiger partial charge >= 0.3 is 6.18 Å². The minimum absolute atomic E-state index is 0.0386. The fraction of sp³-hybridized carbons (Fsp3) is 0.652. The van der Waals surface area contributed by atoms with Crippen molar-refractivity contribution >= 4 is 23.3 Å². The second kappa shape index (κ2) is 8.99. The summed E-state index contributed by atoms with van der Waals surface area (Å²) < 4.78 is 50.6. The summed E-state index contributed by atoms with van der Waals surface area (Å²) in [6.45, 7) is 1.35. The Kier molecular flexibility index (Phi) is 6.62. The van der Waals surface area contributed by atoms with Gasteiger partial charge in [-0.25, -0.2) is 0 Å². The molecule has 1 aliphatic heterocycles. The number of thioether (sulfide) groups is 1. The molecule has 3 atom stereocenters. The van der Waals surface area contributed by atoms with E-state index in [-0.39, 0.29) is 33.3 Å². The second-order valence-electron chi connectivity index (χ2n) is 9.09. The maximum atomic E-state index is 13.2. The van der Waals surface area contributed by atoms with Gasteiger partial charge in [0.05, 0.1) is 30.6 Å². The van der Waals surface area contributed by atoms with Crippen molar-refractivity contribution in [3.05, 3.63) is 23.3 Å². The summed E-state index contributed by atoms with van der Waals surface area (Å²) >= 11 is 1.05. The normalized spacial score (nSPS) is 27.8. The number of halogens is 3. The molecule has 1 saturated heterocycles. The van der Waals surface area contributed by atoms with Gasteiger partial charge in [0.25, 0.3) is 0 Å². The smallest absolute Gasteiger partial charge is 0.416 e. The fourth-order valence-corrected chi connectivity index (χ4v) is 5.67. The molecule has 2 N–H and O–H groups in total. The van der Waals surface area contributed by atoms with E-state index in [1.807, 2.05) is 0 Å². The van der Waals surface area contributed by atoms with Gasteiger partial charge in [0.1, 0.15) is 5.75 Å². The van der Waals surface area contributed by atoms with Crippen LogP contribution in [0.25, 0.3) is 0 Å². The number of Topliss-reactive ketones (excluding diaryl/α,β-unsaturated/α-hetero) is 1. The first-order valence-electron chi connectivity index (χ1n) is 11.0. The van der Waals surface area contributed by atoms with Crippen LogP contribution in [-0.2, 0) is 10.9 Å². The zero-order valence-electron chi connectivity index (χ0n) is 18.3. The Morgan fingerprint density at radius 3 is 2.69 bits per heavy atom. The molecule has 3 fully saturated rings. The van der Waals surface area contributed by atoms with Gasteiger partial charge in [-0.1, -0.05) is 6.42 Å². The summed E-state index contributed by atoms with van der Waals surface area (Å²) in [7, 11) is 1.24. The molecule has 32 heavy (non-hydrogen) atoms. The van der Waals surface area contributed by atoms with E-state index in [9.17, 15) is 18.0 Å². The number of benzene rings is 1. The van der Waals surface area contributed by atoms with Crippen LogP contribution in [0.4, 0.5) is 13.2 Å². The Morgan fingerprint density at radius 2 is 2.09 bits per heavy atom. The molecule has 0 radical (unpaired) electrons. The zero-order chi connectivity index (χ0) is 23.1. The van der Waals surface area contributed by atoms with Gasteiger partial charge in [0.15, 0.2) is 0 Å². The molecule has 0 aromatic heterocycles. The maximum absolute atomic E-state index is 13.2. The molecule has 176 valence electrons. The van der Waals surface area contributed by atoms with Crippen molar-refractivity contribution in [3.8, 4) is 5.75 Å². The predicted molar refractivity (Wildman–Crippen MR) is 117 cm³/mol. The molecule has 5 nitrogen and oxygen atoms in total. The molecule has 1 heterocycles. The Morgan fingerprint density at radius 1 is 1.34 bits per heavy atom. The minimum Gasteiger partial charge on any atom is -0.496 e. The highest BCUT2D eigenvalue weighted by Crippen LogP contribution is 2.59. The van der Waals surface area contributed by atoms with E-state index in [0.29, 0.717) is 25.1 Å². The van der Waals surface area contributed by atoms with Crippen molar-refractivity contribution in [2.75, 3.05) is 26.6 Å². The third kappa shape index (κ3) is 4.43. The Hall–Kier alpha value is -1.58. The molecule has 2 saturated carbocycles. The van der Waals surface area contributed by atoms with Crippen LogP contribution in [0.2, 0.25) is 0 Å². The van der Waals surface area contributed by atoms with E-state index >= 15 is 0 Å². The van der Waals surface area contributed by atoms with E-state index in [2.05, 4.69) is 5.32 Å². The van der Waals surface area contributed by atoms with Crippen molar-refractivity contribution in [1.29, 1.82) is 5.41 Å². The van der Waals surface area contributed by atoms with Crippen LogP contribution in [0.15, 0.2) is 17.0 Å². The van der Waals surface area contributed by atoms with Crippen LogP contribution < -0.4 is 10.1 Å². The number of rotatable bonds is 8. The van der Waals surface area contributed by atoms with E-state index in [1.54, 1.807) is 6.26 Å². The number of hydrogen-bond donors (Lipinski definition) is 2. The molecular formula is C23H29F3N2O3S. The van der Waals surface area contributed by atoms with Crippen LogP contribution in [0.3, 0.4) is 0 Å². The number of nitrogens with one attached hydrogen (secondary N) is 2. The first-order chi connectivity index (χ1) is 15.2. The quantitative estimate of drug-likeness (QED) is 0.319. The number of hydrogen-bond acceptors (Lipinski definition) is 6. The molecule has 1 aromatic carbocycles. The van der Waals surface area contributed by atoms with Crippen molar-refractivity contribution < 1.29 is 27.4 Å². The highest BCUT2D eigenvalue weighted by molar-refractivity contribution is 7.98. The van der Waals surface area contributed by atoms with E-state index in [0.717, 1.165) is 43.3 Å². The maximum Gasteiger partial charge on any atom is 0.416 e. The van der Waals surface area contributed by atoms with Crippen molar-refractivity contribution in [1.82, 2.24) is 5.32 Å². The number of carbonyl (C=O) groups is 1. The van der Waals surface area contributed by atoms with Crippen LogP contribution in [0.5, 0.6) is 5.75 Å². The molecule has 9 heteroatoms. The van der Waals surface area contributed by atoms with Gasteiger partial charge in [-0.3, -0.25) is 4.79 Å². The first kappa shape index (κ1) is 23.6. The highest BCUT2D eigenvalue weighted by atomic mass is 32.2. The number of carbonyl (C=O) groups excluding carboxylic acids is 1. The average Bonchev–Trinajstić information content (AvgIpc) is 3.41. The van der Waals surface area contributed by atoms with Crippen LogP contribution in [0, 0.1) is 16.7 Å². The van der Waals surface area contributed by atoms with E-state index in [4.69, 9.17) is 14.9 Å². The number of ether oxygens (including phenoxy) is 2. The van der Waals surface area contributed by atoms with Crippen molar-refractivity contribution in [2.45, 2.75) is 61.7 Å². The van der Waals surface area contributed by atoms with Crippen LogP contribution in [-0.4, -0.2) is 50.2 Å². The number of methoxy groups -OCH3 is 1. The summed E-state index contributed by atoms with van der Waals surface area (Å²) in [5.74, 6) is -0.549. The van der Waals surface area contributed by atoms with Gasteiger partial charge in [-0.05, 0) is 56.4 Å². The largest absolute Gasteiger partial charge is 0.496 e. The summed E-state index contributed by atoms with van der Waals surface area (Å²) in [6.07, 6.45) is 2.82. The molecule has 1 spiro atoms. The topological polar surface area (TPSA) is 71.4 Å². The summed E-state index contributed by atoms with van der Waals surface area (Å²) in [5.41, 5.74) is -0.968. The van der Waals surface area contributed by atoms with Crippen LogP contribution in [0.1, 0.15) is 54.4 Å². The lowest BCUT2D eigenvalue weighted by Crippen LogP contribution is -2.51. The molecule has 0 bridgehead atoms. The standard InChI is InChI=1S/C23H29F3N2O3S/c1-30-17-9-13(23(24,25)26)10-18(32-2)20(17)21(29)16(27)8-14-11-22(14)12-31-7-6-19(22)28-15-4-3-5-15/h9-10,14-15,19,27-28H,3-8,11-12H2,1-2H3/t14?,19-,22?/m0/s1. The van der Waals surface area contributed by atoms with Gasteiger partial charge in [0, 0.05) is 29.0 Å². The van der Waals surface area contributed by atoms with Gasteiger partial charge in [0.2, 0.25) is 5.78 Å². The number of alkyl halides is 3. The Balaban J connectivity index is 1.50. The minimum atomic E-state index is -4.54. The Bertz CT molecular complexity index is 878. The predicted octanol–water partition coefficient (Wildman–Crippen LogP) is 4.97. The highest BCUT2D eigenvalue weighted by Gasteiger charge is 2.60. The summed E-state index contributed by atoms with van der Waals surface area (Å²) in [6, 6.07) is 2.68. The average molecular weight is 471 g/mol. The monoisotopic (exact) mass is 470 g/mol. The molecule has 3 aliphatic rings. The summed E-state index contributed by atoms with van der Waals surface area (Å²) in [4.78, 5) is 13.3. The lowest BCUT2D eigenvalue weighted by Gasteiger charge is -2.39. The molecule has 0 amide bonds. The lowest BCUT2D eigenvalue weighted by atomic mass is 9.84. The van der Waals surface area contributed by atoms with Gasteiger partial charge in [-0.15, -0.1) is 11.8 Å². The third-order valence-corrected chi connectivity index (χ3v) is 7.98. The van der Waals surface area contributed by atoms with Gasteiger partial charge in [-0.2, -0.15) is 13.2 Å². The molecule has 4 rings (SSSR count). The first-order valence-corrected chi connectivity index (χ1v) is 12.2. The van der Waals surface area contributed by atoms with Gasteiger partial charge < -0.3 is 20.2 Å². The molecule has 1 aromatic rings. The molecule has 2 aliphatic carbocycles. The van der Waals surface area contributed by atoms with Crippen molar-refractivity contribution in [3.63, 3.8) is 0 Å². The molecular weight excluding hydrogens is 441 g/mol. The van der Waals surface area contributed by atoms with Crippen molar-refractivity contribution in [2.24, 2.45) is 11.3 Å². The fourth-order valence-electron chi connectivity index (χ4n) is 5.03. The zero-order valence-corrected chi connectivity index (χ0v) is 19.1. The third-order valence-electron chi connectivity index (χ3n) is 7.22. The van der Waals surface area contributed by atoms with E-state index < -0.39 is 17.5 Å². The number of ketones is 1. The molecule has 2 unspecified atom stereocenters. The van der Waals surface area contributed by atoms with Crippen LogP contribution >= 0.6 is 11.8 Å².